The van der Waals surface area contributed by atoms with Crippen molar-refractivity contribution < 1.29 is 31.1 Å². The number of carbonyl (C=O) groups excluding carboxylic acids is 1. The van der Waals surface area contributed by atoms with Crippen LogP contribution < -0.4 is 10.2 Å². The van der Waals surface area contributed by atoms with E-state index in [1.54, 1.807) is 4.90 Å². The Kier molecular flexibility index (Phi) is 6.02. The summed E-state index contributed by atoms with van der Waals surface area (Å²) in [5, 5.41) is 1.93. The molecular formula is C18H15ClF6N4O. The highest BCUT2D eigenvalue weighted by molar-refractivity contribution is 6.31. The standard InChI is InChI=1S/C18H15ClF6N4O/c19-14-3-2-12(9-13(14)18(23,24)25)27-16(30)29-7-5-28(6-8-29)15-4-1-11(10-26-15)17(20,21)22/h1-4,9-10H,5-8H2,(H,27,30). The first-order valence-corrected chi connectivity index (χ1v) is 9.04. The molecule has 0 aliphatic carbocycles. The zero-order valence-corrected chi connectivity index (χ0v) is 15.9. The van der Waals surface area contributed by atoms with E-state index < -0.39 is 34.5 Å². The Labute approximate surface area is 172 Å². The average Bonchev–Trinajstić information content (AvgIpc) is 2.68. The van der Waals surface area contributed by atoms with Crippen LogP contribution >= 0.6 is 11.6 Å². The highest BCUT2D eigenvalue weighted by Crippen LogP contribution is 2.36. The van der Waals surface area contributed by atoms with Crippen molar-refractivity contribution in [2.75, 3.05) is 36.4 Å². The van der Waals surface area contributed by atoms with E-state index in [1.165, 1.54) is 17.0 Å². The molecule has 1 aliphatic heterocycles. The number of amides is 2. The minimum Gasteiger partial charge on any atom is -0.353 e. The SMILES string of the molecule is O=C(Nc1ccc(Cl)c(C(F)(F)F)c1)N1CCN(c2ccc(C(F)(F)F)cn2)CC1. The number of hydrogen-bond acceptors (Lipinski definition) is 3. The summed E-state index contributed by atoms with van der Waals surface area (Å²) >= 11 is 5.56. The molecule has 1 fully saturated rings. The number of piperazine rings is 1. The van der Waals surface area contributed by atoms with Crippen LogP contribution in [0.5, 0.6) is 0 Å². The highest BCUT2D eigenvalue weighted by atomic mass is 35.5. The number of anilines is 2. The summed E-state index contributed by atoms with van der Waals surface area (Å²) in [6.07, 6.45) is -8.39. The van der Waals surface area contributed by atoms with E-state index in [-0.39, 0.29) is 18.8 Å². The van der Waals surface area contributed by atoms with Gasteiger partial charge in [-0.25, -0.2) is 9.78 Å². The minimum atomic E-state index is -4.65. The van der Waals surface area contributed by atoms with Gasteiger partial charge in [-0.3, -0.25) is 0 Å². The van der Waals surface area contributed by atoms with E-state index >= 15 is 0 Å². The molecule has 1 aliphatic rings. The molecule has 0 atom stereocenters. The average molecular weight is 453 g/mol. The number of benzene rings is 1. The number of urea groups is 1. The van der Waals surface area contributed by atoms with E-state index in [2.05, 4.69) is 10.3 Å². The first-order chi connectivity index (χ1) is 13.9. The van der Waals surface area contributed by atoms with E-state index in [1.807, 2.05) is 0 Å². The lowest BCUT2D eigenvalue weighted by atomic mass is 10.2. The van der Waals surface area contributed by atoms with Gasteiger partial charge in [0.05, 0.1) is 16.1 Å². The van der Waals surface area contributed by atoms with Crippen molar-refractivity contribution in [3.63, 3.8) is 0 Å². The predicted molar refractivity (Wildman–Crippen MR) is 98.5 cm³/mol. The van der Waals surface area contributed by atoms with Crippen LogP contribution in [0.25, 0.3) is 0 Å². The second-order valence-electron chi connectivity index (χ2n) is 6.50. The summed E-state index contributed by atoms with van der Waals surface area (Å²) in [7, 11) is 0. The molecule has 3 rings (SSSR count). The largest absolute Gasteiger partial charge is 0.417 e. The molecule has 0 spiro atoms. The first kappa shape index (κ1) is 22.0. The molecule has 0 unspecified atom stereocenters. The second-order valence-corrected chi connectivity index (χ2v) is 6.91. The van der Waals surface area contributed by atoms with Crippen LogP contribution in [0.1, 0.15) is 11.1 Å². The molecule has 2 amide bonds. The van der Waals surface area contributed by atoms with Gasteiger partial charge in [0.2, 0.25) is 0 Å². The number of rotatable bonds is 2. The molecule has 1 saturated heterocycles. The quantitative estimate of drug-likeness (QED) is 0.643. The molecule has 2 aromatic rings. The summed E-state index contributed by atoms with van der Waals surface area (Å²) in [5.41, 5.74) is -1.96. The van der Waals surface area contributed by atoms with Crippen molar-refractivity contribution in [3.05, 3.63) is 52.7 Å². The number of hydrogen-bond donors (Lipinski definition) is 1. The van der Waals surface area contributed by atoms with Crippen LogP contribution in [0.2, 0.25) is 5.02 Å². The fourth-order valence-electron chi connectivity index (χ4n) is 2.90. The number of carbonyl (C=O) groups is 1. The molecule has 0 bridgehead atoms. The number of pyridine rings is 1. The van der Waals surface area contributed by atoms with Crippen molar-refractivity contribution in [1.29, 1.82) is 0 Å². The van der Waals surface area contributed by atoms with Gasteiger partial charge in [-0.05, 0) is 30.3 Å². The lowest BCUT2D eigenvalue weighted by Gasteiger charge is -2.35. The van der Waals surface area contributed by atoms with Gasteiger partial charge < -0.3 is 15.1 Å². The maximum absolute atomic E-state index is 12.9. The Morgan fingerprint density at radius 3 is 2.17 bits per heavy atom. The van der Waals surface area contributed by atoms with Gasteiger partial charge in [0, 0.05) is 38.1 Å². The number of nitrogens with one attached hydrogen (secondary N) is 1. The second kappa shape index (κ2) is 8.21. The molecule has 1 aromatic carbocycles. The topological polar surface area (TPSA) is 48.5 Å². The third-order valence-corrected chi connectivity index (χ3v) is 4.82. The molecule has 1 N–H and O–H groups in total. The lowest BCUT2D eigenvalue weighted by Crippen LogP contribution is -2.50. The summed E-state index contributed by atoms with van der Waals surface area (Å²) in [5.74, 6) is 0.343. The minimum absolute atomic E-state index is 0.0523. The fraction of sp³-hybridized carbons (Fsp3) is 0.333. The number of aromatic nitrogens is 1. The molecule has 5 nitrogen and oxygen atoms in total. The highest BCUT2D eigenvalue weighted by Gasteiger charge is 2.34. The normalized spacial score (nSPS) is 15.3. The van der Waals surface area contributed by atoms with E-state index in [4.69, 9.17) is 11.6 Å². The third kappa shape index (κ3) is 5.07. The molecule has 162 valence electrons. The summed E-state index contributed by atoms with van der Waals surface area (Å²) < 4.78 is 76.7. The Bertz CT molecular complexity index is 908. The van der Waals surface area contributed by atoms with Gasteiger partial charge in [0.1, 0.15) is 5.82 Å². The molecule has 0 radical (unpaired) electrons. The van der Waals surface area contributed by atoms with Crippen molar-refractivity contribution >= 4 is 29.1 Å². The lowest BCUT2D eigenvalue weighted by molar-refractivity contribution is -0.138. The Morgan fingerprint density at radius 2 is 1.63 bits per heavy atom. The number of halogens is 7. The van der Waals surface area contributed by atoms with Gasteiger partial charge in [-0.15, -0.1) is 0 Å². The number of alkyl halides is 6. The van der Waals surface area contributed by atoms with Gasteiger partial charge in [0.25, 0.3) is 0 Å². The molecule has 0 saturated carbocycles. The molecule has 1 aromatic heterocycles. The van der Waals surface area contributed by atoms with Crippen molar-refractivity contribution in [2.45, 2.75) is 12.4 Å². The molecule has 30 heavy (non-hydrogen) atoms. The Balaban J connectivity index is 1.59. The fourth-order valence-corrected chi connectivity index (χ4v) is 3.13. The van der Waals surface area contributed by atoms with Crippen molar-refractivity contribution in [1.82, 2.24) is 9.88 Å². The zero-order valence-electron chi connectivity index (χ0n) is 15.2. The van der Waals surface area contributed by atoms with E-state index in [0.29, 0.717) is 18.9 Å². The smallest absolute Gasteiger partial charge is 0.353 e. The maximum atomic E-state index is 12.9. The van der Waals surface area contributed by atoms with E-state index in [0.717, 1.165) is 24.4 Å². The van der Waals surface area contributed by atoms with Crippen LogP contribution in [0.15, 0.2) is 36.5 Å². The predicted octanol–water partition coefficient (Wildman–Crippen LogP) is 5.13. The van der Waals surface area contributed by atoms with Crippen LogP contribution in [-0.2, 0) is 12.4 Å². The summed E-state index contributed by atoms with van der Waals surface area (Å²) in [4.78, 5) is 19.3. The molecule has 2 heterocycles. The van der Waals surface area contributed by atoms with Crippen molar-refractivity contribution in [3.8, 4) is 0 Å². The van der Waals surface area contributed by atoms with Gasteiger partial charge in [0.15, 0.2) is 0 Å². The monoisotopic (exact) mass is 452 g/mol. The maximum Gasteiger partial charge on any atom is 0.417 e. The van der Waals surface area contributed by atoms with Crippen molar-refractivity contribution in [2.24, 2.45) is 0 Å². The van der Waals surface area contributed by atoms with Crippen LogP contribution in [-0.4, -0.2) is 42.1 Å². The third-order valence-electron chi connectivity index (χ3n) is 4.49. The van der Waals surface area contributed by atoms with Gasteiger partial charge in [-0.2, -0.15) is 26.3 Å². The van der Waals surface area contributed by atoms with Gasteiger partial charge >= 0.3 is 18.4 Å². The number of nitrogens with zero attached hydrogens (tertiary/aromatic N) is 3. The zero-order chi connectivity index (χ0) is 22.1. The molecule has 12 heteroatoms. The Morgan fingerprint density at radius 1 is 0.967 bits per heavy atom. The summed E-state index contributed by atoms with van der Waals surface area (Å²) in [6, 6.07) is 4.66. The molecular weight excluding hydrogens is 438 g/mol. The van der Waals surface area contributed by atoms with Crippen LogP contribution in [0.4, 0.5) is 42.6 Å². The van der Waals surface area contributed by atoms with Gasteiger partial charge in [-0.1, -0.05) is 11.6 Å². The first-order valence-electron chi connectivity index (χ1n) is 8.66. The van der Waals surface area contributed by atoms with Crippen LogP contribution in [0.3, 0.4) is 0 Å². The van der Waals surface area contributed by atoms with Crippen LogP contribution in [0, 0.1) is 0 Å². The summed E-state index contributed by atoms with van der Waals surface area (Å²) in [6.45, 7) is 1.04. The Hall–Kier alpha value is -2.69. The van der Waals surface area contributed by atoms with E-state index in [9.17, 15) is 31.1 Å².